The quantitative estimate of drug-likeness (QED) is 0.877. The topological polar surface area (TPSA) is 43.8 Å². The zero-order chi connectivity index (χ0) is 18.3. The fraction of sp³-hybridized carbons (Fsp3) is 0.650. The number of para-hydroxylation sites is 1. The Hall–Kier alpha value is -1.69. The SMILES string of the molecule is O=C1N([C@H]2CC[C@H](O)CC2)CC[C@@]12CCCN(c1c(F)cccc1F)C2. The number of likely N-dealkylation sites (tertiary alicyclic amines) is 1. The average Bonchev–Trinajstić information content (AvgIpc) is 2.92. The number of aliphatic hydroxyl groups is 1. The van der Waals surface area contributed by atoms with Crippen LogP contribution in [0.1, 0.15) is 44.9 Å². The van der Waals surface area contributed by atoms with Gasteiger partial charge in [0.1, 0.15) is 17.3 Å². The molecule has 142 valence electrons. The number of anilines is 1. The Bertz CT molecular complexity index is 670. The van der Waals surface area contributed by atoms with Gasteiger partial charge in [-0.05, 0) is 57.1 Å². The van der Waals surface area contributed by atoms with Crippen molar-refractivity contribution in [2.45, 2.75) is 57.1 Å². The van der Waals surface area contributed by atoms with Gasteiger partial charge in [-0.25, -0.2) is 8.78 Å². The molecule has 2 aliphatic heterocycles. The highest BCUT2D eigenvalue weighted by atomic mass is 19.1. The van der Waals surface area contributed by atoms with E-state index in [2.05, 4.69) is 0 Å². The van der Waals surface area contributed by atoms with E-state index in [1.807, 2.05) is 4.90 Å². The molecule has 1 aliphatic carbocycles. The van der Waals surface area contributed by atoms with Crippen LogP contribution in [0, 0.1) is 17.0 Å². The van der Waals surface area contributed by atoms with Crippen molar-refractivity contribution < 1.29 is 18.7 Å². The molecule has 1 aromatic carbocycles. The molecular weight excluding hydrogens is 338 g/mol. The monoisotopic (exact) mass is 364 g/mol. The second kappa shape index (κ2) is 6.80. The lowest BCUT2D eigenvalue weighted by Gasteiger charge is -2.41. The van der Waals surface area contributed by atoms with Gasteiger partial charge in [0.15, 0.2) is 0 Å². The molecule has 26 heavy (non-hydrogen) atoms. The standard InChI is InChI=1S/C20H26F2N2O2/c21-16-3-1-4-17(22)18(16)23-11-2-9-20(13-23)10-12-24(19(20)26)14-5-7-15(25)8-6-14/h1,3-4,14-15,25H,2,5-13H2/t14-,15-,20-/m1/s1. The number of piperidine rings is 1. The number of hydrogen-bond donors (Lipinski definition) is 1. The summed E-state index contributed by atoms with van der Waals surface area (Å²) >= 11 is 0. The van der Waals surface area contributed by atoms with Gasteiger partial charge in [-0.2, -0.15) is 0 Å². The lowest BCUT2D eigenvalue weighted by Crippen LogP contribution is -2.50. The van der Waals surface area contributed by atoms with Crippen molar-refractivity contribution in [2.24, 2.45) is 5.41 Å². The number of carbonyl (C=O) groups excluding carboxylic acids is 1. The third-order valence-electron chi connectivity index (χ3n) is 6.48. The minimum atomic E-state index is -0.564. The third kappa shape index (κ3) is 2.98. The molecule has 1 aromatic rings. The molecule has 2 heterocycles. The molecule has 0 unspecified atom stereocenters. The molecule has 4 rings (SSSR count). The van der Waals surface area contributed by atoms with Crippen molar-refractivity contribution >= 4 is 11.6 Å². The van der Waals surface area contributed by atoms with E-state index in [-0.39, 0.29) is 23.7 Å². The fourth-order valence-electron chi connectivity index (χ4n) is 5.06. The van der Waals surface area contributed by atoms with Crippen LogP contribution in [-0.4, -0.2) is 47.7 Å². The zero-order valence-corrected chi connectivity index (χ0v) is 15.0. The maximum Gasteiger partial charge on any atom is 0.230 e. The van der Waals surface area contributed by atoms with E-state index in [9.17, 15) is 18.7 Å². The highest BCUT2D eigenvalue weighted by molar-refractivity contribution is 5.86. The molecule has 0 radical (unpaired) electrons. The molecule has 0 bridgehead atoms. The predicted molar refractivity (Wildman–Crippen MR) is 94.8 cm³/mol. The van der Waals surface area contributed by atoms with Crippen LogP contribution in [0.3, 0.4) is 0 Å². The molecule has 1 saturated carbocycles. The lowest BCUT2D eigenvalue weighted by atomic mass is 9.78. The van der Waals surface area contributed by atoms with Crippen molar-refractivity contribution in [3.8, 4) is 0 Å². The smallest absolute Gasteiger partial charge is 0.230 e. The van der Waals surface area contributed by atoms with E-state index in [0.717, 1.165) is 44.9 Å². The van der Waals surface area contributed by atoms with Gasteiger partial charge < -0.3 is 14.9 Å². The van der Waals surface area contributed by atoms with E-state index in [4.69, 9.17) is 0 Å². The Kier molecular flexibility index (Phi) is 4.63. The number of amides is 1. The van der Waals surface area contributed by atoms with Crippen LogP contribution >= 0.6 is 0 Å². The molecule has 1 amide bonds. The average molecular weight is 364 g/mol. The Balaban J connectivity index is 1.53. The molecule has 3 aliphatic rings. The van der Waals surface area contributed by atoms with Crippen molar-refractivity contribution in [1.29, 1.82) is 0 Å². The summed E-state index contributed by atoms with van der Waals surface area (Å²) in [5, 5.41) is 9.71. The van der Waals surface area contributed by atoms with Gasteiger partial charge in [0.2, 0.25) is 5.91 Å². The molecule has 3 fully saturated rings. The van der Waals surface area contributed by atoms with Crippen LogP contribution in [-0.2, 0) is 4.79 Å². The van der Waals surface area contributed by atoms with Crippen LogP contribution in [0.5, 0.6) is 0 Å². The number of aliphatic hydroxyl groups excluding tert-OH is 1. The van der Waals surface area contributed by atoms with Crippen LogP contribution in [0.2, 0.25) is 0 Å². The van der Waals surface area contributed by atoms with Crippen LogP contribution in [0.25, 0.3) is 0 Å². The van der Waals surface area contributed by atoms with Crippen LogP contribution in [0.4, 0.5) is 14.5 Å². The normalized spacial score (nSPS) is 32.5. The molecule has 1 N–H and O–H groups in total. The van der Waals surface area contributed by atoms with Gasteiger partial charge >= 0.3 is 0 Å². The van der Waals surface area contributed by atoms with Crippen molar-refractivity contribution in [1.82, 2.24) is 4.90 Å². The van der Waals surface area contributed by atoms with Gasteiger partial charge in [0.25, 0.3) is 0 Å². The van der Waals surface area contributed by atoms with Gasteiger partial charge in [-0.3, -0.25) is 4.79 Å². The van der Waals surface area contributed by atoms with Crippen molar-refractivity contribution in [2.75, 3.05) is 24.5 Å². The maximum absolute atomic E-state index is 14.2. The van der Waals surface area contributed by atoms with Gasteiger partial charge in [-0.1, -0.05) is 6.07 Å². The summed E-state index contributed by atoms with van der Waals surface area (Å²) in [7, 11) is 0. The first kappa shape index (κ1) is 17.7. The molecule has 0 aromatic heterocycles. The summed E-state index contributed by atoms with van der Waals surface area (Å²) in [4.78, 5) is 17.0. The first-order chi connectivity index (χ1) is 12.5. The molecule has 2 saturated heterocycles. The Morgan fingerprint density at radius 1 is 1.04 bits per heavy atom. The number of carbonyl (C=O) groups is 1. The largest absolute Gasteiger partial charge is 0.393 e. The van der Waals surface area contributed by atoms with Gasteiger partial charge in [0.05, 0.1) is 11.5 Å². The maximum atomic E-state index is 14.2. The molecule has 1 spiro atoms. The zero-order valence-electron chi connectivity index (χ0n) is 15.0. The van der Waals surface area contributed by atoms with Gasteiger partial charge in [-0.15, -0.1) is 0 Å². The highest BCUT2D eigenvalue weighted by Gasteiger charge is 2.51. The number of rotatable bonds is 2. The molecular formula is C20H26F2N2O2. The van der Waals surface area contributed by atoms with Crippen molar-refractivity contribution in [3.63, 3.8) is 0 Å². The number of benzene rings is 1. The van der Waals surface area contributed by atoms with E-state index in [1.165, 1.54) is 18.2 Å². The van der Waals surface area contributed by atoms with E-state index in [1.54, 1.807) is 4.90 Å². The minimum absolute atomic E-state index is 0.00128. The van der Waals surface area contributed by atoms with E-state index < -0.39 is 17.0 Å². The second-order valence-electron chi connectivity index (χ2n) is 8.09. The molecule has 4 nitrogen and oxygen atoms in total. The second-order valence-corrected chi connectivity index (χ2v) is 8.09. The first-order valence-corrected chi connectivity index (χ1v) is 9.68. The highest BCUT2D eigenvalue weighted by Crippen LogP contribution is 2.44. The van der Waals surface area contributed by atoms with Crippen LogP contribution in [0.15, 0.2) is 18.2 Å². The summed E-state index contributed by atoms with van der Waals surface area (Å²) in [6, 6.07) is 4.12. The predicted octanol–water partition coefficient (Wildman–Crippen LogP) is 3.09. The molecule has 6 heteroatoms. The van der Waals surface area contributed by atoms with Gasteiger partial charge in [0, 0.05) is 25.7 Å². The van der Waals surface area contributed by atoms with Crippen LogP contribution < -0.4 is 4.90 Å². The first-order valence-electron chi connectivity index (χ1n) is 9.68. The fourth-order valence-corrected chi connectivity index (χ4v) is 5.06. The van der Waals surface area contributed by atoms with E-state index in [0.29, 0.717) is 19.6 Å². The van der Waals surface area contributed by atoms with E-state index >= 15 is 0 Å². The number of hydrogen-bond acceptors (Lipinski definition) is 3. The summed E-state index contributed by atoms with van der Waals surface area (Å²) in [5.74, 6) is -0.989. The van der Waals surface area contributed by atoms with Crippen molar-refractivity contribution in [3.05, 3.63) is 29.8 Å². The summed E-state index contributed by atoms with van der Waals surface area (Å²) in [6.45, 7) is 1.67. The number of halogens is 2. The minimum Gasteiger partial charge on any atom is -0.393 e. The Morgan fingerprint density at radius 3 is 2.42 bits per heavy atom. The Labute approximate surface area is 152 Å². The summed E-state index contributed by atoms with van der Waals surface area (Å²) in [6.07, 6.45) is 5.22. The number of nitrogens with zero attached hydrogens (tertiary/aromatic N) is 2. The molecule has 1 atom stereocenters. The Morgan fingerprint density at radius 2 is 1.73 bits per heavy atom. The third-order valence-corrected chi connectivity index (χ3v) is 6.48. The summed E-state index contributed by atoms with van der Waals surface area (Å²) < 4.78 is 28.4. The lowest BCUT2D eigenvalue weighted by molar-refractivity contribution is -0.139. The summed E-state index contributed by atoms with van der Waals surface area (Å²) in [5.41, 5.74) is -0.526.